The zero-order chi connectivity index (χ0) is 15.5. The fraction of sp³-hybridized carbons (Fsp3) is 0.905. The van der Waals surface area contributed by atoms with Gasteiger partial charge in [-0.2, -0.15) is 0 Å². The Morgan fingerprint density at radius 2 is 1.50 bits per heavy atom. The van der Waals surface area contributed by atoms with Gasteiger partial charge in [-0.1, -0.05) is 44.8 Å². The van der Waals surface area contributed by atoms with Crippen LogP contribution in [0.4, 0.5) is 0 Å². The van der Waals surface area contributed by atoms with Crippen molar-refractivity contribution >= 4 is 0 Å². The SMILES string of the molecule is CCCCCCCC[N+]1(C2CC/C=C\CCC2)CCCCC1. The normalized spacial score (nSPS) is 27.0. The maximum absolute atomic E-state index is 2.46. The molecule has 0 aromatic carbocycles. The molecule has 1 saturated heterocycles. The van der Waals surface area contributed by atoms with Crippen molar-refractivity contribution < 1.29 is 4.48 Å². The summed E-state index contributed by atoms with van der Waals surface area (Å²) in [7, 11) is 0. The summed E-state index contributed by atoms with van der Waals surface area (Å²) in [4.78, 5) is 0. The number of nitrogens with zero attached hydrogens (tertiary/aromatic N) is 1. The first-order chi connectivity index (χ1) is 10.9. The molecule has 0 aromatic heterocycles. The summed E-state index contributed by atoms with van der Waals surface area (Å²) in [5.41, 5.74) is 0. The van der Waals surface area contributed by atoms with Crippen LogP contribution < -0.4 is 0 Å². The van der Waals surface area contributed by atoms with E-state index in [4.69, 9.17) is 0 Å². The molecule has 1 atom stereocenters. The Morgan fingerprint density at radius 3 is 2.32 bits per heavy atom. The van der Waals surface area contributed by atoms with Crippen molar-refractivity contribution in [2.24, 2.45) is 0 Å². The quantitative estimate of drug-likeness (QED) is 0.283. The molecular formula is C21H40N+. The molecule has 1 fully saturated rings. The zero-order valence-electron chi connectivity index (χ0n) is 15.2. The van der Waals surface area contributed by atoms with Crippen LogP contribution in [-0.4, -0.2) is 30.2 Å². The average molecular weight is 307 g/mol. The molecule has 1 nitrogen and oxygen atoms in total. The van der Waals surface area contributed by atoms with Gasteiger partial charge in [0.2, 0.25) is 0 Å². The lowest BCUT2D eigenvalue weighted by Gasteiger charge is -2.48. The van der Waals surface area contributed by atoms with Crippen molar-refractivity contribution in [2.75, 3.05) is 19.6 Å². The van der Waals surface area contributed by atoms with Crippen LogP contribution in [-0.2, 0) is 0 Å². The molecule has 0 saturated carbocycles. The van der Waals surface area contributed by atoms with Crippen LogP contribution in [0.5, 0.6) is 0 Å². The predicted octanol–water partition coefficient (Wildman–Crippen LogP) is 6.24. The fourth-order valence-electron chi connectivity index (χ4n) is 4.81. The van der Waals surface area contributed by atoms with E-state index in [0.29, 0.717) is 0 Å². The van der Waals surface area contributed by atoms with E-state index in [1.54, 1.807) is 0 Å². The molecule has 1 heteroatoms. The second-order valence-electron chi connectivity index (χ2n) is 7.85. The van der Waals surface area contributed by atoms with Gasteiger partial charge >= 0.3 is 0 Å². The molecule has 0 amide bonds. The monoisotopic (exact) mass is 306 g/mol. The number of hydrogen-bond acceptors (Lipinski definition) is 0. The molecule has 1 aliphatic heterocycles. The van der Waals surface area contributed by atoms with E-state index in [9.17, 15) is 0 Å². The van der Waals surface area contributed by atoms with E-state index in [1.165, 1.54) is 114 Å². The van der Waals surface area contributed by atoms with Crippen LogP contribution in [0.25, 0.3) is 0 Å². The van der Waals surface area contributed by atoms with Gasteiger partial charge in [-0.3, -0.25) is 0 Å². The average Bonchev–Trinajstić information content (AvgIpc) is 2.51. The maximum atomic E-state index is 2.46. The van der Waals surface area contributed by atoms with E-state index < -0.39 is 0 Å². The van der Waals surface area contributed by atoms with Crippen LogP contribution in [0.3, 0.4) is 0 Å². The Morgan fingerprint density at radius 1 is 0.773 bits per heavy atom. The molecular weight excluding hydrogens is 266 g/mol. The topological polar surface area (TPSA) is 0 Å². The smallest absolute Gasteiger partial charge is 0.0893 e. The maximum Gasteiger partial charge on any atom is 0.0893 e. The molecule has 0 radical (unpaired) electrons. The standard InChI is InChI=1S/C21H40N/c1-2-3-4-5-9-13-18-22(19-14-10-15-20-22)21-16-11-7-6-8-12-17-21/h6-7,21H,2-5,8-20H2,1H3/q+1/b7-6-. The van der Waals surface area contributed by atoms with Crippen molar-refractivity contribution in [3.05, 3.63) is 12.2 Å². The third-order valence-electron chi connectivity index (χ3n) is 6.18. The molecule has 2 rings (SSSR count). The summed E-state index contributed by atoms with van der Waals surface area (Å²) in [6.45, 7) is 6.78. The lowest BCUT2D eigenvalue weighted by molar-refractivity contribution is -0.956. The van der Waals surface area contributed by atoms with E-state index in [2.05, 4.69) is 19.1 Å². The first kappa shape index (κ1) is 18.0. The van der Waals surface area contributed by atoms with Crippen molar-refractivity contribution in [1.82, 2.24) is 0 Å². The highest BCUT2D eigenvalue weighted by Crippen LogP contribution is 2.30. The van der Waals surface area contributed by atoms with Gasteiger partial charge < -0.3 is 4.48 Å². The van der Waals surface area contributed by atoms with Crippen molar-refractivity contribution in [1.29, 1.82) is 0 Å². The highest BCUT2D eigenvalue weighted by Gasteiger charge is 2.36. The van der Waals surface area contributed by atoms with Crippen LogP contribution in [0.2, 0.25) is 0 Å². The van der Waals surface area contributed by atoms with Crippen molar-refractivity contribution in [3.63, 3.8) is 0 Å². The summed E-state index contributed by atoms with van der Waals surface area (Å²) in [6, 6.07) is 0.973. The molecule has 1 heterocycles. The molecule has 1 aliphatic carbocycles. The molecule has 0 bridgehead atoms. The number of piperidine rings is 1. The minimum Gasteiger partial charge on any atom is -0.321 e. The lowest BCUT2D eigenvalue weighted by atomic mass is 9.93. The highest BCUT2D eigenvalue weighted by molar-refractivity contribution is 4.85. The van der Waals surface area contributed by atoms with Crippen LogP contribution in [0, 0.1) is 0 Å². The first-order valence-electron chi connectivity index (χ1n) is 10.4. The van der Waals surface area contributed by atoms with Crippen LogP contribution >= 0.6 is 0 Å². The molecule has 128 valence electrons. The van der Waals surface area contributed by atoms with Gasteiger partial charge in [0.25, 0.3) is 0 Å². The second-order valence-corrected chi connectivity index (χ2v) is 7.85. The van der Waals surface area contributed by atoms with Crippen LogP contribution in [0.15, 0.2) is 12.2 Å². The van der Waals surface area contributed by atoms with Gasteiger partial charge in [0, 0.05) is 6.42 Å². The van der Waals surface area contributed by atoms with Gasteiger partial charge in [-0.05, 0) is 57.8 Å². The lowest BCUT2D eigenvalue weighted by Crippen LogP contribution is -2.58. The summed E-state index contributed by atoms with van der Waals surface area (Å²) >= 11 is 0. The number of likely N-dealkylation sites (tertiary alicyclic amines) is 1. The number of allylic oxidation sites excluding steroid dienone is 2. The molecule has 0 N–H and O–H groups in total. The summed E-state index contributed by atoms with van der Waals surface area (Å²) in [5.74, 6) is 0. The summed E-state index contributed by atoms with van der Waals surface area (Å²) in [5, 5.41) is 0. The molecule has 1 unspecified atom stereocenters. The molecule has 2 aliphatic rings. The summed E-state index contributed by atoms with van der Waals surface area (Å²) in [6.07, 6.45) is 25.1. The largest absolute Gasteiger partial charge is 0.321 e. The van der Waals surface area contributed by atoms with Crippen molar-refractivity contribution in [3.8, 4) is 0 Å². The third-order valence-corrected chi connectivity index (χ3v) is 6.18. The summed E-state index contributed by atoms with van der Waals surface area (Å²) < 4.78 is 1.50. The number of hydrogen-bond donors (Lipinski definition) is 0. The minimum atomic E-state index is 0.973. The fourth-order valence-corrected chi connectivity index (χ4v) is 4.81. The number of unbranched alkanes of at least 4 members (excludes halogenated alkanes) is 5. The second kappa shape index (κ2) is 10.5. The van der Waals surface area contributed by atoms with E-state index in [0.717, 1.165) is 6.04 Å². The van der Waals surface area contributed by atoms with Gasteiger partial charge in [0.15, 0.2) is 0 Å². The van der Waals surface area contributed by atoms with Gasteiger partial charge in [0.1, 0.15) is 0 Å². The predicted molar refractivity (Wildman–Crippen MR) is 98.1 cm³/mol. The highest BCUT2D eigenvalue weighted by atomic mass is 15.4. The first-order valence-corrected chi connectivity index (χ1v) is 10.4. The van der Waals surface area contributed by atoms with Gasteiger partial charge in [0.05, 0.1) is 25.7 Å². The Labute approximate surface area is 139 Å². The number of rotatable bonds is 8. The minimum absolute atomic E-state index is 0.973. The molecule has 0 spiro atoms. The van der Waals surface area contributed by atoms with Crippen LogP contribution in [0.1, 0.15) is 96.8 Å². The van der Waals surface area contributed by atoms with Gasteiger partial charge in [-0.25, -0.2) is 0 Å². The molecule has 22 heavy (non-hydrogen) atoms. The van der Waals surface area contributed by atoms with E-state index in [1.807, 2.05) is 0 Å². The Balaban J connectivity index is 1.84. The Hall–Kier alpha value is -0.300. The Bertz CT molecular complexity index is 301. The third kappa shape index (κ3) is 5.72. The van der Waals surface area contributed by atoms with E-state index >= 15 is 0 Å². The molecule has 0 aromatic rings. The number of quaternary nitrogens is 1. The van der Waals surface area contributed by atoms with E-state index in [-0.39, 0.29) is 0 Å². The zero-order valence-corrected chi connectivity index (χ0v) is 15.2. The Kier molecular flexibility index (Phi) is 8.59. The van der Waals surface area contributed by atoms with Crippen molar-refractivity contribution in [2.45, 2.75) is 103 Å². The van der Waals surface area contributed by atoms with Gasteiger partial charge in [-0.15, -0.1) is 0 Å².